The molecule has 4 N–H and O–H groups in total. The van der Waals surface area contributed by atoms with Crippen molar-refractivity contribution in [3.05, 3.63) is 36.4 Å². The van der Waals surface area contributed by atoms with E-state index in [2.05, 4.69) is 0 Å². The molecule has 0 saturated heterocycles. The van der Waals surface area contributed by atoms with Crippen LogP contribution in [0.15, 0.2) is 56.0 Å². The molecule has 0 aliphatic rings. The van der Waals surface area contributed by atoms with E-state index in [1.165, 1.54) is 21.6 Å². The molecule has 0 amide bonds. The van der Waals surface area contributed by atoms with Crippen molar-refractivity contribution in [2.75, 3.05) is 24.0 Å². The molecule has 2 aromatic carbocycles. The van der Waals surface area contributed by atoms with Gasteiger partial charge < -0.3 is 20.6 Å². The minimum Gasteiger partial charge on any atom is -0.612 e. The summed E-state index contributed by atoms with van der Waals surface area (Å²) in [7, 11) is 2.97. The smallest absolute Gasteiger partial charge is 0.154 e. The number of rotatable bonds is 5. The molecule has 118 valence electrons. The van der Waals surface area contributed by atoms with Gasteiger partial charge in [0.2, 0.25) is 0 Å². The quantitative estimate of drug-likeness (QED) is 0.475. The van der Waals surface area contributed by atoms with E-state index in [0.29, 0.717) is 21.2 Å². The number of hydrogen-bond acceptors (Lipinski definition) is 6. The summed E-state index contributed by atoms with van der Waals surface area (Å²) in [6.07, 6.45) is 3.24. The topological polar surface area (TPSA) is 98.2 Å². The zero-order valence-electron chi connectivity index (χ0n) is 12.1. The summed E-state index contributed by atoms with van der Waals surface area (Å²) in [6.45, 7) is 0. The van der Waals surface area contributed by atoms with Crippen molar-refractivity contribution in [3.63, 3.8) is 0 Å². The highest BCUT2D eigenvalue weighted by atomic mass is 33.1. The monoisotopic (exact) mass is 372 g/mol. The van der Waals surface area contributed by atoms with Crippen LogP contribution in [0.2, 0.25) is 0 Å². The van der Waals surface area contributed by atoms with Crippen LogP contribution in [-0.2, 0) is 22.4 Å². The molecule has 2 rings (SSSR count). The molecular formula is C14H16N2O2S4. The fourth-order valence-corrected chi connectivity index (χ4v) is 4.94. The lowest BCUT2D eigenvalue weighted by Crippen LogP contribution is -1.99. The molecule has 0 bridgehead atoms. The van der Waals surface area contributed by atoms with Gasteiger partial charge in [-0.1, -0.05) is 21.6 Å². The van der Waals surface area contributed by atoms with E-state index in [0.717, 1.165) is 9.79 Å². The zero-order valence-corrected chi connectivity index (χ0v) is 15.3. The van der Waals surface area contributed by atoms with Crippen molar-refractivity contribution < 1.29 is 9.11 Å². The molecule has 2 aromatic rings. The van der Waals surface area contributed by atoms with Crippen LogP contribution in [0.1, 0.15) is 0 Å². The van der Waals surface area contributed by atoms with Gasteiger partial charge in [-0.15, -0.1) is 0 Å². The zero-order chi connectivity index (χ0) is 16.3. The first-order chi connectivity index (χ1) is 10.4. The Morgan fingerprint density at radius 3 is 1.41 bits per heavy atom. The maximum Gasteiger partial charge on any atom is 0.154 e. The first-order valence-electron chi connectivity index (χ1n) is 6.19. The van der Waals surface area contributed by atoms with Gasteiger partial charge in [0, 0.05) is 21.9 Å². The van der Waals surface area contributed by atoms with E-state index >= 15 is 0 Å². The van der Waals surface area contributed by atoms with Crippen molar-refractivity contribution in [1.82, 2.24) is 0 Å². The summed E-state index contributed by atoms with van der Waals surface area (Å²) in [5, 5.41) is 0. The normalized spacial score (nSPS) is 13.8. The van der Waals surface area contributed by atoms with Gasteiger partial charge in [-0.2, -0.15) is 0 Å². The summed E-state index contributed by atoms with van der Waals surface area (Å²) < 4.78 is 22.8. The van der Waals surface area contributed by atoms with E-state index < -0.39 is 22.4 Å². The van der Waals surface area contributed by atoms with E-state index in [-0.39, 0.29) is 0 Å². The van der Waals surface area contributed by atoms with Gasteiger partial charge >= 0.3 is 0 Å². The second kappa shape index (κ2) is 7.76. The molecule has 0 spiro atoms. The predicted octanol–water partition coefficient (Wildman–Crippen LogP) is 3.13. The highest BCUT2D eigenvalue weighted by Crippen LogP contribution is 2.43. The molecule has 0 aliphatic heterocycles. The summed E-state index contributed by atoms with van der Waals surface area (Å²) >= 11 is -2.09. The summed E-state index contributed by atoms with van der Waals surface area (Å²) in [5.41, 5.74) is 13.2. The number of hydrogen-bond donors (Lipinski definition) is 2. The lowest BCUT2D eigenvalue weighted by atomic mass is 10.3. The average molecular weight is 373 g/mol. The Hall–Kier alpha value is -0.640. The number of anilines is 2. The SMILES string of the molecule is C[S+]([O-])c1ccc(SSc2ccc([S+](C)[O-])cc2N)c(N)c1. The minimum absolute atomic E-state index is 0.593. The fraction of sp³-hybridized carbons (Fsp3) is 0.143. The van der Waals surface area contributed by atoms with Gasteiger partial charge in [0.05, 0.1) is 11.4 Å². The highest BCUT2D eigenvalue weighted by Gasteiger charge is 2.11. The Balaban J connectivity index is 2.10. The Morgan fingerprint density at radius 2 is 1.14 bits per heavy atom. The molecule has 0 heterocycles. The van der Waals surface area contributed by atoms with E-state index in [1.807, 2.05) is 24.3 Å². The van der Waals surface area contributed by atoms with Gasteiger partial charge in [0.1, 0.15) is 12.5 Å². The lowest BCUT2D eigenvalue weighted by molar-refractivity contribution is 0.600. The van der Waals surface area contributed by atoms with Crippen molar-refractivity contribution in [2.24, 2.45) is 0 Å². The van der Waals surface area contributed by atoms with Crippen LogP contribution >= 0.6 is 21.6 Å². The Labute approximate surface area is 144 Å². The number of nitrogen functional groups attached to an aromatic ring is 2. The first-order valence-corrected chi connectivity index (χ1v) is 11.5. The summed E-state index contributed by atoms with van der Waals surface area (Å²) in [4.78, 5) is 3.20. The molecular weight excluding hydrogens is 356 g/mol. The van der Waals surface area contributed by atoms with Crippen LogP contribution in [0, 0.1) is 0 Å². The molecule has 2 unspecified atom stereocenters. The van der Waals surface area contributed by atoms with Gasteiger partial charge in [-0.25, -0.2) is 0 Å². The van der Waals surface area contributed by atoms with E-state index in [1.54, 1.807) is 24.6 Å². The number of benzene rings is 2. The standard InChI is InChI=1S/C14H16N2O2S4/c1-21(17)9-3-5-13(11(15)7-9)19-20-14-6-4-10(22(2)18)8-12(14)16/h3-8H,15-16H2,1-2H3. The van der Waals surface area contributed by atoms with Crippen molar-refractivity contribution >= 4 is 55.3 Å². The Kier molecular flexibility index (Phi) is 6.25. The van der Waals surface area contributed by atoms with Crippen molar-refractivity contribution in [1.29, 1.82) is 0 Å². The third-order valence-electron chi connectivity index (χ3n) is 2.85. The van der Waals surface area contributed by atoms with E-state index in [9.17, 15) is 9.11 Å². The average Bonchev–Trinajstić information content (AvgIpc) is 2.46. The van der Waals surface area contributed by atoms with Crippen LogP contribution < -0.4 is 11.5 Å². The predicted molar refractivity (Wildman–Crippen MR) is 98.1 cm³/mol. The summed E-state index contributed by atoms with van der Waals surface area (Å²) in [5.74, 6) is 0. The first kappa shape index (κ1) is 17.7. The van der Waals surface area contributed by atoms with Gasteiger partial charge in [-0.05, 0) is 46.6 Å². The molecule has 0 saturated carbocycles. The molecule has 22 heavy (non-hydrogen) atoms. The molecule has 0 aliphatic carbocycles. The van der Waals surface area contributed by atoms with Crippen LogP contribution in [0.4, 0.5) is 11.4 Å². The minimum atomic E-state index is -1.04. The second-order valence-corrected chi connectivity index (χ2v) is 9.45. The second-order valence-electron chi connectivity index (χ2n) is 4.47. The number of nitrogens with two attached hydrogens (primary N) is 2. The molecule has 4 nitrogen and oxygen atoms in total. The highest BCUT2D eigenvalue weighted by molar-refractivity contribution is 8.76. The van der Waals surface area contributed by atoms with Crippen LogP contribution in [0.5, 0.6) is 0 Å². The van der Waals surface area contributed by atoms with Crippen LogP contribution in [0.25, 0.3) is 0 Å². The maximum absolute atomic E-state index is 11.4. The van der Waals surface area contributed by atoms with Crippen LogP contribution in [-0.4, -0.2) is 21.6 Å². The fourth-order valence-electron chi connectivity index (χ4n) is 1.65. The Morgan fingerprint density at radius 1 is 0.773 bits per heavy atom. The van der Waals surface area contributed by atoms with Crippen LogP contribution in [0.3, 0.4) is 0 Å². The molecule has 0 fully saturated rings. The van der Waals surface area contributed by atoms with Crippen molar-refractivity contribution in [2.45, 2.75) is 19.6 Å². The maximum atomic E-state index is 11.4. The Bertz CT molecular complexity index is 608. The summed E-state index contributed by atoms with van der Waals surface area (Å²) in [6, 6.07) is 10.8. The van der Waals surface area contributed by atoms with Gasteiger partial charge in [0.15, 0.2) is 9.79 Å². The van der Waals surface area contributed by atoms with E-state index in [4.69, 9.17) is 11.5 Å². The van der Waals surface area contributed by atoms with Gasteiger partial charge in [0.25, 0.3) is 0 Å². The van der Waals surface area contributed by atoms with Gasteiger partial charge in [-0.3, -0.25) is 0 Å². The van der Waals surface area contributed by atoms with Crippen molar-refractivity contribution in [3.8, 4) is 0 Å². The molecule has 0 radical (unpaired) electrons. The largest absolute Gasteiger partial charge is 0.612 e. The third kappa shape index (κ3) is 4.43. The lowest BCUT2D eigenvalue weighted by Gasteiger charge is -2.10. The third-order valence-corrected chi connectivity index (χ3v) is 7.20. The molecule has 8 heteroatoms. The molecule has 0 aromatic heterocycles. The molecule has 2 atom stereocenters.